The highest BCUT2D eigenvalue weighted by Gasteiger charge is 2.27. The molecule has 0 radical (unpaired) electrons. The number of piperidine rings is 1. The number of nitrogens with zero attached hydrogens (tertiary/aromatic N) is 2. The molecule has 6 heteroatoms. The lowest BCUT2D eigenvalue weighted by Crippen LogP contribution is -2.42. The fourth-order valence-electron chi connectivity index (χ4n) is 4.20. The lowest BCUT2D eigenvalue weighted by atomic mass is 9.95. The molecule has 2 aliphatic heterocycles. The molecule has 1 aromatic rings. The molecule has 27 heavy (non-hydrogen) atoms. The summed E-state index contributed by atoms with van der Waals surface area (Å²) in [4.78, 5) is 17.0. The summed E-state index contributed by atoms with van der Waals surface area (Å²) in [6.45, 7) is 9.79. The number of nitrogens with one attached hydrogen (secondary N) is 1. The molecule has 2 saturated heterocycles. The average molecular weight is 379 g/mol. The normalized spacial score (nSPS) is 21.8. The Kier molecular flexibility index (Phi) is 6.68. The number of anilines is 1. The van der Waals surface area contributed by atoms with Gasteiger partial charge in [-0.15, -0.1) is 0 Å². The zero-order valence-electron chi connectivity index (χ0n) is 16.4. The molecule has 0 aliphatic carbocycles. The van der Waals surface area contributed by atoms with Crippen LogP contribution in [0.3, 0.4) is 0 Å². The van der Waals surface area contributed by atoms with Gasteiger partial charge in [0.25, 0.3) is 0 Å². The Hall–Kier alpha value is -1.69. The largest absolute Gasteiger partial charge is 0.371 e. The van der Waals surface area contributed by atoms with Crippen LogP contribution in [0, 0.1) is 29.4 Å². The number of carbonyl (C=O) groups excluding carboxylic acids is 1. The van der Waals surface area contributed by atoms with Gasteiger partial charge in [-0.25, -0.2) is 8.78 Å². The van der Waals surface area contributed by atoms with E-state index >= 15 is 0 Å². The molecule has 1 atom stereocenters. The van der Waals surface area contributed by atoms with Crippen molar-refractivity contribution in [3.8, 4) is 0 Å². The van der Waals surface area contributed by atoms with Crippen molar-refractivity contribution >= 4 is 11.6 Å². The van der Waals surface area contributed by atoms with Crippen LogP contribution in [0.25, 0.3) is 0 Å². The van der Waals surface area contributed by atoms with Crippen molar-refractivity contribution in [2.75, 3.05) is 44.2 Å². The van der Waals surface area contributed by atoms with Crippen LogP contribution in [0.1, 0.15) is 33.1 Å². The number of likely N-dealkylation sites (tertiary alicyclic amines) is 1. The molecule has 0 spiro atoms. The van der Waals surface area contributed by atoms with Gasteiger partial charge in [0.15, 0.2) is 11.6 Å². The molecule has 2 fully saturated rings. The van der Waals surface area contributed by atoms with Crippen molar-refractivity contribution in [1.82, 2.24) is 10.2 Å². The quantitative estimate of drug-likeness (QED) is 0.824. The number of rotatable bonds is 6. The highest BCUT2D eigenvalue weighted by molar-refractivity contribution is 5.78. The summed E-state index contributed by atoms with van der Waals surface area (Å²) in [7, 11) is 0. The molecule has 0 aromatic heterocycles. The van der Waals surface area contributed by atoms with Gasteiger partial charge in [-0.05, 0) is 56.3 Å². The number of hydrogen-bond donors (Lipinski definition) is 1. The van der Waals surface area contributed by atoms with Gasteiger partial charge in [0.05, 0.1) is 0 Å². The highest BCUT2D eigenvalue weighted by Crippen LogP contribution is 2.25. The Morgan fingerprint density at radius 2 is 1.89 bits per heavy atom. The smallest absolute Gasteiger partial charge is 0.223 e. The minimum absolute atomic E-state index is 0.122. The topological polar surface area (TPSA) is 35.6 Å². The van der Waals surface area contributed by atoms with Gasteiger partial charge < -0.3 is 15.1 Å². The molecule has 1 unspecified atom stereocenters. The first-order chi connectivity index (χ1) is 12.9. The summed E-state index contributed by atoms with van der Waals surface area (Å²) in [5.74, 6) is -0.324. The zero-order chi connectivity index (χ0) is 19.4. The van der Waals surface area contributed by atoms with E-state index in [2.05, 4.69) is 29.0 Å². The van der Waals surface area contributed by atoms with Gasteiger partial charge in [-0.3, -0.25) is 4.79 Å². The van der Waals surface area contributed by atoms with Gasteiger partial charge in [-0.1, -0.05) is 13.8 Å². The second kappa shape index (κ2) is 9.00. The summed E-state index contributed by atoms with van der Waals surface area (Å²) < 4.78 is 26.5. The van der Waals surface area contributed by atoms with Crippen molar-refractivity contribution < 1.29 is 13.6 Å². The Morgan fingerprint density at radius 3 is 2.56 bits per heavy atom. The van der Waals surface area contributed by atoms with Crippen LogP contribution in [0.5, 0.6) is 0 Å². The van der Waals surface area contributed by atoms with Crippen LogP contribution in [0.4, 0.5) is 14.5 Å². The van der Waals surface area contributed by atoms with E-state index in [1.807, 2.05) is 0 Å². The van der Waals surface area contributed by atoms with E-state index < -0.39 is 11.6 Å². The lowest BCUT2D eigenvalue weighted by Gasteiger charge is -2.32. The van der Waals surface area contributed by atoms with Crippen molar-refractivity contribution in [1.29, 1.82) is 0 Å². The van der Waals surface area contributed by atoms with E-state index in [4.69, 9.17) is 0 Å². The molecule has 3 rings (SSSR count). The number of amides is 1. The van der Waals surface area contributed by atoms with E-state index in [0.29, 0.717) is 24.1 Å². The van der Waals surface area contributed by atoms with Gasteiger partial charge >= 0.3 is 0 Å². The van der Waals surface area contributed by atoms with E-state index in [-0.39, 0.29) is 11.8 Å². The molecule has 150 valence electrons. The Labute approximate surface area is 160 Å². The van der Waals surface area contributed by atoms with E-state index in [1.165, 1.54) is 12.1 Å². The molecule has 4 nitrogen and oxygen atoms in total. The first-order valence-corrected chi connectivity index (χ1v) is 10.1. The molecule has 1 N–H and O–H groups in total. The Balaban J connectivity index is 1.40. The molecule has 0 bridgehead atoms. The maximum atomic E-state index is 13.4. The van der Waals surface area contributed by atoms with Gasteiger partial charge in [-0.2, -0.15) is 0 Å². The summed E-state index contributed by atoms with van der Waals surface area (Å²) >= 11 is 0. The third-order valence-electron chi connectivity index (χ3n) is 5.70. The molecular formula is C21H31F2N3O. The van der Waals surface area contributed by atoms with Crippen LogP contribution in [-0.2, 0) is 4.79 Å². The fraction of sp³-hybridized carbons (Fsp3) is 0.667. The van der Waals surface area contributed by atoms with Crippen LogP contribution < -0.4 is 10.2 Å². The summed E-state index contributed by atoms with van der Waals surface area (Å²) in [6, 6.07) is 4.04. The third-order valence-corrected chi connectivity index (χ3v) is 5.70. The first-order valence-electron chi connectivity index (χ1n) is 10.1. The molecule has 1 aromatic carbocycles. The molecule has 0 saturated carbocycles. The molecular weight excluding hydrogens is 348 g/mol. The third kappa shape index (κ3) is 5.41. The zero-order valence-corrected chi connectivity index (χ0v) is 16.4. The molecule has 2 heterocycles. The number of benzene rings is 1. The lowest BCUT2D eigenvalue weighted by molar-refractivity contribution is -0.126. The SMILES string of the molecule is CC(C)CN1CCC(C(=O)NCC2CCN(c3ccc(F)c(F)c3)C2)CC1. The fourth-order valence-corrected chi connectivity index (χ4v) is 4.20. The number of carbonyl (C=O) groups is 1. The maximum Gasteiger partial charge on any atom is 0.223 e. The second-order valence-corrected chi connectivity index (χ2v) is 8.41. The second-order valence-electron chi connectivity index (χ2n) is 8.41. The van der Waals surface area contributed by atoms with Gasteiger partial charge in [0.1, 0.15) is 0 Å². The Morgan fingerprint density at radius 1 is 1.15 bits per heavy atom. The monoisotopic (exact) mass is 379 g/mol. The van der Waals surface area contributed by atoms with Crippen molar-refractivity contribution in [2.24, 2.45) is 17.8 Å². The minimum Gasteiger partial charge on any atom is -0.371 e. The van der Waals surface area contributed by atoms with E-state index in [0.717, 1.165) is 52.0 Å². The summed E-state index contributed by atoms with van der Waals surface area (Å²) in [5.41, 5.74) is 0.709. The van der Waals surface area contributed by atoms with Crippen molar-refractivity contribution in [3.05, 3.63) is 29.8 Å². The summed E-state index contributed by atoms with van der Waals surface area (Å²) in [6.07, 6.45) is 2.82. The average Bonchev–Trinajstić information content (AvgIpc) is 3.11. The maximum absolute atomic E-state index is 13.4. The van der Waals surface area contributed by atoms with Crippen LogP contribution in [0.15, 0.2) is 18.2 Å². The Bertz CT molecular complexity index is 644. The standard InChI is InChI=1S/C21H31F2N3O/c1-15(2)13-25-8-6-17(7-9-25)21(27)24-12-16-5-10-26(14-16)18-3-4-19(22)20(23)11-18/h3-4,11,15-17H,5-10,12-14H2,1-2H3,(H,24,27). The predicted molar refractivity (Wildman–Crippen MR) is 104 cm³/mol. The summed E-state index contributed by atoms with van der Waals surface area (Å²) in [5, 5.41) is 3.12. The van der Waals surface area contributed by atoms with E-state index in [1.54, 1.807) is 6.07 Å². The predicted octanol–water partition coefficient (Wildman–Crippen LogP) is 3.28. The molecule has 1 amide bonds. The molecule has 2 aliphatic rings. The van der Waals surface area contributed by atoms with Gasteiger partial charge in [0, 0.05) is 43.9 Å². The van der Waals surface area contributed by atoms with E-state index in [9.17, 15) is 13.6 Å². The highest BCUT2D eigenvalue weighted by atomic mass is 19.2. The number of halogens is 2. The van der Waals surface area contributed by atoms with Crippen LogP contribution in [0.2, 0.25) is 0 Å². The number of hydrogen-bond acceptors (Lipinski definition) is 3. The van der Waals surface area contributed by atoms with Crippen molar-refractivity contribution in [3.63, 3.8) is 0 Å². The minimum atomic E-state index is -0.818. The van der Waals surface area contributed by atoms with Crippen molar-refractivity contribution in [2.45, 2.75) is 33.1 Å². The van der Waals surface area contributed by atoms with Crippen LogP contribution in [-0.4, -0.2) is 50.1 Å². The van der Waals surface area contributed by atoms with Crippen LogP contribution >= 0.6 is 0 Å². The van der Waals surface area contributed by atoms with Gasteiger partial charge in [0.2, 0.25) is 5.91 Å². The first kappa shape index (κ1) is 20.1.